The summed E-state index contributed by atoms with van der Waals surface area (Å²) in [4.78, 5) is 0. The van der Waals surface area contributed by atoms with Crippen molar-refractivity contribution in [1.82, 2.24) is 0 Å². The lowest BCUT2D eigenvalue weighted by molar-refractivity contribution is 1.66. The molecule has 0 heterocycles. The third kappa shape index (κ3) is 4.61. The molecule has 0 fully saturated rings. The number of hydrogen-bond donors (Lipinski definition) is 0. The fourth-order valence-corrected chi connectivity index (χ4v) is 5.67. The molecule has 8 aromatic rings. The van der Waals surface area contributed by atoms with Crippen LogP contribution in [-0.2, 0) is 0 Å². The highest BCUT2D eigenvalue weighted by atomic mass is 14.1. The molecule has 8 aromatic carbocycles. The number of fused-ring (bicyclic) bond motifs is 4. The minimum atomic E-state index is 1.27. The van der Waals surface area contributed by atoms with Crippen LogP contribution in [0.5, 0.6) is 0 Å². The second kappa shape index (κ2) is 10.5. The fraction of sp³-hybridized carbons (Fsp3) is 0. The Bertz CT molecular complexity index is 1930. The Hall–Kier alpha value is -5.20. The van der Waals surface area contributed by atoms with Gasteiger partial charge in [0.2, 0.25) is 0 Å². The first-order valence-corrected chi connectivity index (χ1v) is 13.8. The molecule has 0 amide bonds. The number of benzene rings is 8. The largest absolute Gasteiger partial charge is 0.0622 e. The molecule has 0 atom stereocenters. The summed E-state index contributed by atoms with van der Waals surface area (Å²) in [5.41, 5.74) is 5.14. The van der Waals surface area contributed by atoms with Crippen molar-refractivity contribution in [3.63, 3.8) is 0 Å². The maximum absolute atomic E-state index is 2.30. The Labute approximate surface area is 234 Å². The van der Waals surface area contributed by atoms with E-state index in [-0.39, 0.29) is 0 Å². The molecule has 0 spiro atoms. The van der Waals surface area contributed by atoms with E-state index >= 15 is 0 Å². The van der Waals surface area contributed by atoms with E-state index in [1.807, 2.05) is 0 Å². The van der Waals surface area contributed by atoms with Crippen molar-refractivity contribution in [2.24, 2.45) is 0 Å². The molecule has 0 unspecified atom stereocenters. The first kappa shape index (κ1) is 23.9. The van der Waals surface area contributed by atoms with Gasteiger partial charge >= 0.3 is 0 Å². The van der Waals surface area contributed by atoms with Gasteiger partial charge in [-0.3, -0.25) is 0 Å². The van der Waals surface area contributed by atoms with Crippen molar-refractivity contribution in [1.29, 1.82) is 0 Å². The first-order chi connectivity index (χ1) is 19.8. The fourth-order valence-electron chi connectivity index (χ4n) is 5.67. The van der Waals surface area contributed by atoms with Gasteiger partial charge in [-0.2, -0.15) is 0 Å². The number of hydrogen-bond acceptors (Lipinski definition) is 0. The lowest BCUT2D eigenvalue weighted by Crippen LogP contribution is -1.82. The van der Waals surface area contributed by atoms with Gasteiger partial charge in [-0.05, 0) is 89.6 Å². The summed E-state index contributed by atoms with van der Waals surface area (Å²) in [5, 5.41) is 10.4. The maximum atomic E-state index is 2.30. The highest BCUT2D eigenvalue weighted by Crippen LogP contribution is 2.33. The van der Waals surface area contributed by atoms with E-state index < -0.39 is 0 Å². The van der Waals surface area contributed by atoms with E-state index in [4.69, 9.17) is 0 Å². The van der Waals surface area contributed by atoms with Crippen molar-refractivity contribution in [2.45, 2.75) is 0 Å². The second-order valence-electron chi connectivity index (χ2n) is 10.2. The molecule has 0 saturated carbocycles. The van der Waals surface area contributed by atoms with E-state index in [9.17, 15) is 0 Å². The van der Waals surface area contributed by atoms with Crippen LogP contribution in [-0.4, -0.2) is 0 Å². The van der Waals surface area contributed by atoms with Gasteiger partial charge in [0.1, 0.15) is 0 Å². The lowest BCUT2D eigenvalue weighted by Gasteiger charge is -2.08. The van der Waals surface area contributed by atoms with Crippen molar-refractivity contribution < 1.29 is 0 Å². The van der Waals surface area contributed by atoms with Crippen LogP contribution in [0.15, 0.2) is 170 Å². The summed E-state index contributed by atoms with van der Waals surface area (Å²) < 4.78 is 0. The zero-order valence-corrected chi connectivity index (χ0v) is 22.2. The molecule has 0 aliphatic heterocycles. The molecular formula is C40H28. The van der Waals surface area contributed by atoms with Crippen molar-refractivity contribution in [3.05, 3.63) is 170 Å². The molecule has 0 saturated heterocycles. The highest BCUT2D eigenvalue weighted by molar-refractivity contribution is 6.06. The van der Waals surface area contributed by atoms with E-state index in [1.54, 1.807) is 0 Å². The monoisotopic (exact) mass is 508 g/mol. The zero-order chi connectivity index (χ0) is 26.7. The Balaban J connectivity index is 0.000000132. The molecule has 0 bridgehead atoms. The van der Waals surface area contributed by atoms with Crippen molar-refractivity contribution >= 4 is 43.1 Å². The lowest BCUT2D eigenvalue weighted by atomic mass is 9.96. The Kier molecular flexibility index (Phi) is 6.28. The van der Waals surface area contributed by atoms with Crippen molar-refractivity contribution in [3.8, 4) is 22.3 Å². The number of rotatable bonds is 2. The summed E-state index contributed by atoms with van der Waals surface area (Å²) >= 11 is 0. The molecule has 8 rings (SSSR count). The maximum Gasteiger partial charge on any atom is -0.00990 e. The SMILES string of the molecule is c1ccc(-c2cccc3cc4ccccc4cc23)cc1.c1ccc(-c2cccc3cc4ccccc4cc23)cc1. The smallest absolute Gasteiger partial charge is 0.00990 e. The van der Waals surface area contributed by atoms with E-state index in [0.29, 0.717) is 0 Å². The van der Waals surface area contributed by atoms with Crippen LogP contribution in [0, 0.1) is 0 Å². The van der Waals surface area contributed by atoms with Gasteiger partial charge in [-0.1, -0.05) is 146 Å². The van der Waals surface area contributed by atoms with Crippen molar-refractivity contribution in [2.75, 3.05) is 0 Å². The normalized spacial score (nSPS) is 11.0. The van der Waals surface area contributed by atoms with Gasteiger partial charge in [0.25, 0.3) is 0 Å². The van der Waals surface area contributed by atoms with Gasteiger partial charge in [-0.15, -0.1) is 0 Å². The summed E-state index contributed by atoms with van der Waals surface area (Å²) in [6, 6.07) is 60.4. The summed E-state index contributed by atoms with van der Waals surface area (Å²) in [5.74, 6) is 0. The second-order valence-corrected chi connectivity index (χ2v) is 10.2. The van der Waals surface area contributed by atoms with Crippen LogP contribution in [0.4, 0.5) is 0 Å². The molecule has 0 N–H and O–H groups in total. The van der Waals surface area contributed by atoms with Gasteiger partial charge < -0.3 is 0 Å². The Morgan fingerprint density at radius 1 is 0.225 bits per heavy atom. The minimum Gasteiger partial charge on any atom is -0.0622 e. The molecule has 0 nitrogen and oxygen atoms in total. The third-order valence-corrected chi connectivity index (χ3v) is 7.66. The van der Waals surface area contributed by atoms with Crippen LogP contribution < -0.4 is 0 Å². The standard InChI is InChI=1S/2C20H14/c2*1-2-7-15(8-3-1)19-12-6-11-18-13-16-9-4-5-10-17(16)14-20(18)19/h2*1-14H. The summed E-state index contributed by atoms with van der Waals surface area (Å²) in [6.45, 7) is 0. The molecule has 0 aliphatic carbocycles. The van der Waals surface area contributed by atoms with Crippen LogP contribution in [0.25, 0.3) is 65.3 Å². The van der Waals surface area contributed by atoms with Gasteiger partial charge in [0.05, 0.1) is 0 Å². The highest BCUT2D eigenvalue weighted by Gasteiger charge is 2.06. The van der Waals surface area contributed by atoms with E-state index in [0.717, 1.165) is 0 Å². The zero-order valence-electron chi connectivity index (χ0n) is 22.2. The summed E-state index contributed by atoms with van der Waals surface area (Å²) in [7, 11) is 0. The van der Waals surface area contributed by atoms with E-state index in [1.165, 1.54) is 65.3 Å². The molecule has 0 aliphatic rings. The van der Waals surface area contributed by atoms with Crippen LogP contribution in [0.3, 0.4) is 0 Å². The average molecular weight is 509 g/mol. The van der Waals surface area contributed by atoms with E-state index in [2.05, 4.69) is 170 Å². The molecule has 0 radical (unpaired) electrons. The Morgan fingerprint density at radius 2 is 0.550 bits per heavy atom. The van der Waals surface area contributed by atoms with Gasteiger partial charge in [-0.25, -0.2) is 0 Å². The van der Waals surface area contributed by atoms with Crippen LogP contribution in [0.2, 0.25) is 0 Å². The summed E-state index contributed by atoms with van der Waals surface area (Å²) in [6.07, 6.45) is 0. The predicted molar refractivity (Wildman–Crippen MR) is 174 cm³/mol. The van der Waals surface area contributed by atoms with Gasteiger partial charge in [0.15, 0.2) is 0 Å². The quantitative estimate of drug-likeness (QED) is 0.204. The molecule has 0 aromatic heterocycles. The van der Waals surface area contributed by atoms with Gasteiger partial charge in [0, 0.05) is 0 Å². The molecule has 188 valence electrons. The van der Waals surface area contributed by atoms with Crippen LogP contribution in [0.1, 0.15) is 0 Å². The third-order valence-electron chi connectivity index (χ3n) is 7.66. The topological polar surface area (TPSA) is 0 Å². The molecule has 0 heteroatoms. The Morgan fingerprint density at radius 3 is 0.950 bits per heavy atom. The average Bonchev–Trinajstić information content (AvgIpc) is 3.03. The molecular weight excluding hydrogens is 480 g/mol. The predicted octanol–water partition coefficient (Wildman–Crippen LogP) is 11.3. The van der Waals surface area contributed by atoms with Crippen LogP contribution >= 0.6 is 0 Å². The first-order valence-electron chi connectivity index (χ1n) is 13.8. The molecule has 40 heavy (non-hydrogen) atoms. The minimum absolute atomic E-state index is 1.27.